The van der Waals surface area contributed by atoms with Gasteiger partial charge in [-0.25, -0.2) is 0 Å². The van der Waals surface area contributed by atoms with E-state index in [1.54, 1.807) is 18.2 Å². The van der Waals surface area contributed by atoms with Crippen molar-refractivity contribution in [2.24, 2.45) is 11.3 Å². The lowest BCUT2D eigenvalue weighted by atomic mass is 9.75. The van der Waals surface area contributed by atoms with Crippen LogP contribution in [0.1, 0.15) is 60.4 Å². The van der Waals surface area contributed by atoms with E-state index < -0.39 is 11.8 Å². The number of hydrogen-bond acceptors (Lipinski definition) is 4. The smallest absolute Gasteiger partial charge is 0.251 e. The zero-order valence-electron chi connectivity index (χ0n) is 17.4. The van der Waals surface area contributed by atoms with Gasteiger partial charge in [-0.1, -0.05) is 56.1 Å². The van der Waals surface area contributed by atoms with Crippen LogP contribution in [-0.4, -0.2) is 22.6 Å². The van der Waals surface area contributed by atoms with Crippen molar-refractivity contribution in [3.05, 3.63) is 63.1 Å². The molecule has 0 saturated carbocycles. The van der Waals surface area contributed by atoms with Crippen LogP contribution in [0.2, 0.25) is 10.0 Å². The molecule has 0 aliphatic rings. The second kappa shape index (κ2) is 9.63. The second-order valence-electron chi connectivity index (χ2n) is 8.32. The van der Waals surface area contributed by atoms with Crippen molar-refractivity contribution < 1.29 is 19.5 Å². The minimum Gasteiger partial charge on any atom is -0.508 e. The zero-order chi connectivity index (χ0) is 22.6. The highest BCUT2D eigenvalue weighted by Gasteiger charge is 2.32. The SMILES string of the molecule is CC(=O)C(CC(=O)c1c(Cl)cc(C(=O)NCc2cccc(O)c2)cc1Cl)C(C)(C)C. The molecule has 0 aliphatic heterocycles. The summed E-state index contributed by atoms with van der Waals surface area (Å²) in [5, 5.41) is 12.3. The Bertz CT molecular complexity index is 956. The number of carbonyl (C=O) groups excluding carboxylic acids is 3. The van der Waals surface area contributed by atoms with Crippen molar-refractivity contribution in [2.75, 3.05) is 0 Å². The Morgan fingerprint density at radius 1 is 1.07 bits per heavy atom. The summed E-state index contributed by atoms with van der Waals surface area (Å²) in [6.45, 7) is 7.36. The number of ketones is 2. The summed E-state index contributed by atoms with van der Waals surface area (Å²) >= 11 is 12.6. The highest BCUT2D eigenvalue weighted by Crippen LogP contribution is 2.34. The fraction of sp³-hybridized carbons (Fsp3) is 0.348. The lowest BCUT2D eigenvalue weighted by Gasteiger charge is -2.28. The van der Waals surface area contributed by atoms with Gasteiger partial charge in [0, 0.05) is 24.4 Å². The van der Waals surface area contributed by atoms with Gasteiger partial charge < -0.3 is 10.4 Å². The number of halogens is 2. The van der Waals surface area contributed by atoms with Crippen LogP contribution in [0, 0.1) is 11.3 Å². The first-order chi connectivity index (χ1) is 13.9. The van der Waals surface area contributed by atoms with Gasteiger partial charge >= 0.3 is 0 Å². The molecular weight excluding hydrogens is 425 g/mol. The van der Waals surface area contributed by atoms with Crippen LogP contribution in [0.3, 0.4) is 0 Å². The third kappa shape index (κ3) is 6.07. The van der Waals surface area contributed by atoms with Gasteiger partial charge in [0.2, 0.25) is 0 Å². The molecule has 2 rings (SSSR count). The first-order valence-corrected chi connectivity index (χ1v) is 10.2. The Labute approximate surface area is 186 Å². The number of nitrogens with one attached hydrogen (secondary N) is 1. The minimum absolute atomic E-state index is 0.0126. The third-order valence-corrected chi connectivity index (χ3v) is 5.47. The molecule has 2 N–H and O–H groups in total. The van der Waals surface area contributed by atoms with E-state index in [0.29, 0.717) is 0 Å². The number of Topliss-reactive ketones (excluding diaryl/α,β-unsaturated/α-hetero) is 2. The molecule has 0 spiro atoms. The number of amides is 1. The van der Waals surface area contributed by atoms with E-state index in [1.165, 1.54) is 25.1 Å². The predicted octanol–water partition coefficient (Wildman–Crippen LogP) is 5.45. The summed E-state index contributed by atoms with van der Waals surface area (Å²) in [5.41, 5.74) is 0.662. The standard InChI is InChI=1S/C23H25Cl2NO4/c1-13(27)17(23(2,3)4)11-20(29)21-18(24)9-15(10-19(21)25)22(30)26-12-14-6-5-7-16(28)8-14/h5-10,17,28H,11-12H2,1-4H3,(H,26,30). The molecule has 160 valence electrons. The molecule has 0 radical (unpaired) electrons. The summed E-state index contributed by atoms with van der Waals surface area (Å²) in [6.07, 6.45) is -0.0126. The van der Waals surface area contributed by atoms with Crippen LogP contribution in [0.4, 0.5) is 0 Å². The molecule has 0 bridgehead atoms. The molecule has 1 atom stereocenters. The average molecular weight is 450 g/mol. The van der Waals surface area contributed by atoms with Crippen LogP contribution < -0.4 is 5.32 Å². The van der Waals surface area contributed by atoms with Gasteiger partial charge in [0.05, 0.1) is 15.6 Å². The third-order valence-electron chi connectivity index (χ3n) is 4.87. The molecule has 1 unspecified atom stereocenters. The Hall–Kier alpha value is -2.37. The van der Waals surface area contributed by atoms with Crippen LogP contribution in [0.25, 0.3) is 0 Å². The van der Waals surface area contributed by atoms with Crippen molar-refractivity contribution in [1.82, 2.24) is 5.32 Å². The van der Waals surface area contributed by atoms with Gasteiger partial charge in [0.25, 0.3) is 5.91 Å². The number of phenols is 1. The van der Waals surface area contributed by atoms with E-state index in [1.807, 2.05) is 20.8 Å². The summed E-state index contributed by atoms with van der Waals surface area (Å²) in [6, 6.07) is 9.30. The van der Waals surface area contributed by atoms with E-state index >= 15 is 0 Å². The van der Waals surface area contributed by atoms with Gasteiger partial charge in [-0.2, -0.15) is 0 Å². The maximum Gasteiger partial charge on any atom is 0.251 e. The minimum atomic E-state index is -0.470. The molecule has 0 saturated heterocycles. The fourth-order valence-corrected chi connectivity index (χ4v) is 3.97. The molecule has 0 aliphatic carbocycles. The molecule has 1 amide bonds. The molecule has 0 fully saturated rings. The molecule has 7 heteroatoms. The van der Waals surface area contributed by atoms with Crippen LogP contribution >= 0.6 is 23.2 Å². The number of rotatable bonds is 7. The van der Waals surface area contributed by atoms with Gasteiger partial charge in [0.15, 0.2) is 5.78 Å². The van der Waals surface area contributed by atoms with Crippen molar-refractivity contribution in [3.63, 3.8) is 0 Å². The van der Waals surface area contributed by atoms with Gasteiger partial charge in [0.1, 0.15) is 11.5 Å². The highest BCUT2D eigenvalue weighted by atomic mass is 35.5. The normalized spacial score (nSPS) is 12.3. The first-order valence-electron chi connectivity index (χ1n) is 9.49. The Kier molecular flexibility index (Phi) is 7.67. The zero-order valence-corrected chi connectivity index (χ0v) is 18.9. The second-order valence-corrected chi connectivity index (χ2v) is 9.14. The van der Waals surface area contributed by atoms with Crippen LogP contribution in [0.15, 0.2) is 36.4 Å². The van der Waals surface area contributed by atoms with Gasteiger partial charge in [-0.15, -0.1) is 0 Å². The first kappa shape index (κ1) is 23.9. The van der Waals surface area contributed by atoms with E-state index in [0.717, 1.165) is 5.56 Å². The van der Waals surface area contributed by atoms with E-state index in [-0.39, 0.29) is 56.9 Å². The van der Waals surface area contributed by atoms with E-state index in [2.05, 4.69) is 5.32 Å². The predicted molar refractivity (Wildman–Crippen MR) is 118 cm³/mol. The highest BCUT2D eigenvalue weighted by molar-refractivity contribution is 6.40. The summed E-state index contributed by atoms with van der Waals surface area (Å²) in [7, 11) is 0. The van der Waals surface area contributed by atoms with Gasteiger partial charge in [-0.3, -0.25) is 14.4 Å². The topological polar surface area (TPSA) is 83.5 Å². The van der Waals surface area contributed by atoms with Crippen molar-refractivity contribution in [3.8, 4) is 5.75 Å². The molecule has 0 heterocycles. The Morgan fingerprint density at radius 2 is 1.67 bits per heavy atom. The Balaban J connectivity index is 2.18. The van der Waals surface area contributed by atoms with Crippen LogP contribution in [0.5, 0.6) is 5.75 Å². The molecule has 2 aromatic rings. The number of benzene rings is 2. The largest absolute Gasteiger partial charge is 0.508 e. The maximum atomic E-state index is 12.8. The summed E-state index contributed by atoms with van der Waals surface area (Å²) < 4.78 is 0. The Morgan fingerprint density at radius 3 is 2.17 bits per heavy atom. The number of hydrogen-bond donors (Lipinski definition) is 2. The van der Waals surface area contributed by atoms with Crippen molar-refractivity contribution in [1.29, 1.82) is 0 Å². The van der Waals surface area contributed by atoms with Crippen molar-refractivity contribution >= 4 is 40.7 Å². The number of aromatic hydroxyl groups is 1. The lowest BCUT2D eigenvalue weighted by Crippen LogP contribution is -2.29. The summed E-state index contributed by atoms with van der Waals surface area (Å²) in [4.78, 5) is 37.3. The molecule has 2 aromatic carbocycles. The van der Waals surface area contributed by atoms with Crippen LogP contribution in [-0.2, 0) is 11.3 Å². The fourth-order valence-electron chi connectivity index (χ4n) is 3.27. The average Bonchev–Trinajstić information content (AvgIpc) is 2.62. The quantitative estimate of drug-likeness (QED) is 0.550. The number of carbonyl (C=O) groups is 3. The van der Waals surface area contributed by atoms with E-state index in [4.69, 9.17) is 23.2 Å². The summed E-state index contributed by atoms with van der Waals surface area (Å²) in [5.74, 6) is -1.20. The molecule has 0 aromatic heterocycles. The number of phenolic OH excluding ortho intramolecular Hbond substituents is 1. The maximum absolute atomic E-state index is 12.8. The molecular formula is C23H25Cl2NO4. The lowest BCUT2D eigenvalue weighted by molar-refractivity contribution is -0.123. The monoisotopic (exact) mass is 449 g/mol. The van der Waals surface area contributed by atoms with E-state index in [9.17, 15) is 19.5 Å². The molecule has 30 heavy (non-hydrogen) atoms. The van der Waals surface area contributed by atoms with Gasteiger partial charge in [-0.05, 0) is 42.2 Å². The molecule has 5 nitrogen and oxygen atoms in total. The van der Waals surface area contributed by atoms with Crippen molar-refractivity contribution in [2.45, 2.75) is 40.7 Å².